The van der Waals surface area contributed by atoms with Gasteiger partial charge in [0.05, 0.1) is 0 Å². The van der Waals surface area contributed by atoms with E-state index in [4.69, 9.17) is 0 Å². The monoisotopic (exact) mass is 227 g/mol. The molecule has 17 heavy (non-hydrogen) atoms. The number of para-hydroxylation sites is 1. The Hall–Kier alpha value is -1.83. The summed E-state index contributed by atoms with van der Waals surface area (Å²) in [6, 6.07) is 11.7. The molecule has 0 saturated carbocycles. The lowest BCUT2D eigenvalue weighted by atomic mass is 10.1. The lowest BCUT2D eigenvalue weighted by Crippen LogP contribution is -1.93. The molecule has 88 valence electrons. The largest absolute Gasteiger partial charge is 0.508 e. The molecule has 0 aliphatic carbocycles. The van der Waals surface area contributed by atoms with Gasteiger partial charge in [-0.2, -0.15) is 0 Å². The second-order valence-corrected chi connectivity index (χ2v) is 4.31. The SMILES string of the molecule is Cc1ccc(CCCc2ccccc2O)nc1. The molecule has 0 unspecified atom stereocenters. The molecule has 1 aromatic carbocycles. The van der Waals surface area contributed by atoms with Gasteiger partial charge in [0.2, 0.25) is 0 Å². The molecular weight excluding hydrogens is 210 g/mol. The van der Waals surface area contributed by atoms with Crippen molar-refractivity contribution in [3.05, 3.63) is 59.4 Å². The summed E-state index contributed by atoms with van der Waals surface area (Å²) in [7, 11) is 0. The summed E-state index contributed by atoms with van der Waals surface area (Å²) in [5.41, 5.74) is 3.32. The average Bonchev–Trinajstić information content (AvgIpc) is 2.34. The van der Waals surface area contributed by atoms with Gasteiger partial charge in [0.15, 0.2) is 0 Å². The zero-order chi connectivity index (χ0) is 12.1. The van der Waals surface area contributed by atoms with Crippen molar-refractivity contribution in [2.45, 2.75) is 26.2 Å². The number of pyridine rings is 1. The number of rotatable bonds is 4. The molecule has 2 heteroatoms. The van der Waals surface area contributed by atoms with E-state index in [-0.39, 0.29) is 0 Å². The fraction of sp³-hybridized carbons (Fsp3) is 0.267. The van der Waals surface area contributed by atoms with Crippen molar-refractivity contribution in [3.63, 3.8) is 0 Å². The first-order chi connectivity index (χ1) is 8.25. The van der Waals surface area contributed by atoms with Gasteiger partial charge in [-0.15, -0.1) is 0 Å². The van der Waals surface area contributed by atoms with Crippen LogP contribution in [0.25, 0.3) is 0 Å². The van der Waals surface area contributed by atoms with Crippen LogP contribution in [-0.2, 0) is 12.8 Å². The molecule has 0 aliphatic rings. The number of hydrogen-bond acceptors (Lipinski definition) is 2. The second-order valence-electron chi connectivity index (χ2n) is 4.31. The fourth-order valence-corrected chi connectivity index (χ4v) is 1.83. The maximum atomic E-state index is 9.63. The Morgan fingerprint density at radius 1 is 1.06 bits per heavy atom. The van der Waals surface area contributed by atoms with Crippen molar-refractivity contribution in [2.75, 3.05) is 0 Å². The highest BCUT2D eigenvalue weighted by Gasteiger charge is 2.00. The molecule has 0 aliphatic heterocycles. The summed E-state index contributed by atoms with van der Waals surface area (Å²) in [5, 5.41) is 9.63. The van der Waals surface area contributed by atoms with Gasteiger partial charge in [0, 0.05) is 11.9 Å². The minimum Gasteiger partial charge on any atom is -0.508 e. The molecule has 1 N–H and O–H groups in total. The van der Waals surface area contributed by atoms with E-state index in [1.165, 1.54) is 5.56 Å². The minimum atomic E-state index is 0.393. The van der Waals surface area contributed by atoms with Crippen molar-refractivity contribution in [1.82, 2.24) is 4.98 Å². The van der Waals surface area contributed by atoms with E-state index < -0.39 is 0 Å². The molecule has 2 nitrogen and oxygen atoms in total. The van der Waals surface area contributed by atoms with Gasteiger partial charge in [0.1, 0.15) is 5.75 Å². The van der Waals surface area contributed by atoms with Crippen LogP contribution in [0.5, 0.6) is 5.75 Å². The number of nitrogens with zero attached hydrogens (tertiary/aromatic N) is 1. The maximum absolute atomic E-state index is 9.63. The van der Waals surface area contributed by atoms with Gasteiger partial charge in [-0.1, -0.05) is 24.3 Å². The third-order valence-corrected chi connectivity index (χ3v) is 2.84. The Bertz CT molecular complexity index is 477. The fourth-order valence-electron chi connectivity index (χ4n) is 1.83. The zero-order valence-corrected chi connectivity index (χ0v) is 10.1. The number of aromatic nitrogens is 1. The number of aromatic hydroxyl groups is 1. The summed E-state index contributed by atoms with van der Waals surface area (Å²) in [6.45, 7) is 2.04. The average molecular weight is 227 g/mol. The number of phenolic OH excluding ortho intramolecular Hbond substituents is 1. The van der Waals surface area contributed by atoms with Crippen molar-refractivity contribution < 1.29 is 5.11 Å². The first-order valence-corrected chi connectivity index (χ1v) is 5.94. The minimum absolute atomic E-state index is 0.393. The summed E-state index contributed by atoms with van der Waals surface area (Å²) in [4.78, 5) is 4.37. The van der Waals surface area contributed by atoms with Crippen molar-refractivity contribution in [2.24, 2.45) is 0 Å². The quantitative estimate of drug-likeness (QED) is 0.869. The molecule has 1 aromatic heterocycles. The lowest BCUT2D eigenvalue weighted by Gasteiger charge is -2.04. The third kappa shape index (κ3) is 3.31. The lowest BCUT2D eigenvalue weighted by molar-refractivity contribution is 0.467. The second kappa shape index (κ2) is 5.48. The maximum Gasteiger partial charge on any atom is 0.118 e. The molecule has 2 aromatic rings. The molecule has 0 radical (unpaired) electrons. The zero-order valence-electron chi connectivity index (χ0n) is 10.1. The Labute approximate surface area is 102 Å². The van der Waals surface area contributed by atoms with Gasteiger partial charge in [0.25, 0.3) is 0 Å². The van der Waals surface area contributed by atoms with Crippen LogP contribution >= 0.6 is 0 Å². The molecule has 0 saturated heterocycles. The van der Waals surface area contributed by atoms with Gasteiger partial charge in [-0.05, 0) is 49.4 Å². The van der Waals surface area contributed by atoms with E-state index in [2.05, 4.69) is 17.1 Å². The Morgan fingerprint density at radius 3 is 2.59 bits per heavy atom. The van der Waals surface area contributed by atoms with Gasteiger partial charge < -0.3 is 5.11 Å². The first-order valence-electron chi connectivity index (χ1n) is 5.94. The Kier molecular flexibility index (Phi) is 3.76. The summed E-state index contributed by atoms with van der Waals surface area (Å²) in [5.74, 6) is 0.393. The molecule has 1 heterocycles. The van der Waals surface area contributed by atoms with Crippen LogP contribution in [0, 0.1) is 6.92 Å². The van der Waals surface area contributed by atoms with Crippen molar-refractivity contribution in [1.29, 1.82) is 0 Å². The summed E-state index contributed by atoms with van der Waals surface area (Å²) in [6.07, 6.45) is 4.75. The van der Waals surface area contributed by atoms with Crippen LogP contribution in [-0.4, -0.2) is 10.1 Å². The highest BCUT2D eigenvalue weighted by Crippen LogP contribution is 2.17. The Balaban J connectivity index is 1.88. The van der Waals surface area contributed by atoms with Crippen LogP contribution in [0.1, 0.15) is 23.2 Å². The topological polar surface area (TPSA) is 33.1 Å². The smallest absolute Gasteiger partial charge is 0.118 e. The van der Waals surface area contributed by atoms with E-state index in [0.717, 1.165) is 30.5 Å². The van der Waals surface area contributed by atoms with Gasteiger partial charge >= 0.3 is 0 Å². The first kappa shape index (κ1) is 11.6. The highest BCUT2D eigenvalue weighted by molar-refractivity contribution is 5.31. The highest BCUT2D eigenvalue weighted by atomic mass is 16.3. The standard InChI is InChI=1S/C15H17NO/c1-12-9-10-14(16-11-12)7-4-6-13-5-2-3-8-15(13)17/h2-3,5,8-11,17H,4,6-7H2,1H3. The molecule has 0 bridgehead atoms. The normalized spacial score (nSPS) is 10.4. The van der Waals surface area contributed by atoms with Crippen LogP contribution in [0.4, 0.5) is 0 Å². The molecule has 2 rings (SSSR count). The predicted octanol–water partition coefficient (Wildman–Crippen LogP) is 3.27. The van der Waals surface area contributed by atoms with Crippen molar-refractivity contribution >= 4 is 0 Å². The van der Waals surface area contributed by atoms with E-state index in [0.29, 0.717) is 5.75 Å². The van der Waals surface area contributed by atoms with Crippen LogP contribution in [0.15, 0.2) is 42.6 Å². The van der Waals surface area contributed by atoms with E-state index in [9.17, 15) is 5.11 Å². The van der Waals surface area contributed by atoms with E-state index >= 15 is 0 Å². The predicted molar refractivity (Wildman–Crippen MR) is 69.1 cm³/mol. The van der Waals surface area contributed by atoms with E-state index in [1.54, 1.807) is 6.07 Å². The van der Waals surface area contributed by atoms with Crippen molar-refractivity contribution in [3.8, 4) is 5.75 Å². The summed E-state index contributed by atoms with van der Waals surface area (Å²) >= 11 is 0. The number of phenols is 1. The molecule has 0 amide bonds. The van der Waals surface area contributed by atoms with Crippen LogP contribution in [0.2, 0.25) is 0 Å². The third-order valence-electron chi connectivity index (χ3n) is 2.84. The number of aryl methyl sites for hydroxylation is 3. The Morgan fingerprint density at radius 2 is 1.88 bits per heavy atom. The van der Waals surface area contributed by atoms with Gasteiger partial charge in [-0.3, -0.25) is 4.98 Å². The van der Waals surface area contributed by atoms with E-state index in [1.807, 2.05) is 31.3 Å². The van der Waals surface area contributed by atoms with Crippen LogP contribution < -0.4 is 0 Å². The van der Waals surface area contributed by atoms with Gasteiger partial charge in [-0.25, -0.2) is 0 Å². The molecular formula is C15H17NO. The number of benzene rings is 1. The molecule has 0 fully saturated rings. The summed E-state index contributed by atoms with van der Waals surface area (Å²) < 4.78 is 0. The molecule has 0 spiro atoms. The van der Waals surface area contributed by atoms with Crippen LogP contribution in [0.3, 0.4) is 0 Å². The molecule has 0 atom stereocenters. The number of hydrogen-bond donors (Lipinski definition) is 1.